The van der Waals surface area contributed by atoms with Crippen LogP contribution < -0.4 is 9.47 Å². The van der Waals surface area contributed by atoms with Crippen LogP contribution in [0.2, 0.25) is 5.02 Å². The monoisotopic (exact) mass is 312 g/mol. The van der Waals surface area contributed by atoms with E-state index in [9.17, 15) is 0 Å². The zero-order valence-corrected chi connectivity index (χ0v) is 14.3. The van der Waals surface area contributed by atoms with Gasteiger partial charge in [0.1, 0.15) is 11.5 Å². The number of benzene rings is 1. The second-order valence-corrected chi connectivity index (χ2v) is 5.82. The molecule has 3 heteroatoms. The Morgan fingerprint density at radius 3 is 2.05 bits per heavy atom. The highest BCUT2D eigenvalue weighted by atomic mass is 35.5. The minimum atomic E-state index is 0.656. The molecule has 0 atom stereocenters. The molecule has 0 aliphatic rings. The molecular weight excluding hydrogens is 284 g/mol. The highest BCUT2D eigenvalue weighted by Gasteiger charge is 2.04. The Hall–Kier alpha value is -0.890. The number of halogens is 1. The highest BCUT2D eigenvalue weighted by Crippen LogP contribution is 2.29. The van der Waals surface area contributed by atoms with E-state index in [1.807, 2.05) is 18.2 Å². The van der Waals surface area contributed by atoms with E-state index in [2.05, 4.69) is 13.8 Å². The Labute approximate surface area is 134 Å². The van der Waals surface area contributed by atoms with E-state index >= 15 is 0 Å². The number of hydrogen-bond donors (Lipinski definition) is 0. The summed E-state index contributed by atoms with van der Waals surface area (Å²) in [6, 6.07) is 5.67. The lowest BCUT2D eigenvalue weighted by molar-refractivity contribution is 0.290. The fourth-order valence-electron chi connectivity index (χ4n) is 2.11. The second-order valence-electron chi connectivity index (χ2n) is 5.41. The molecule has 0 aromatic heterocycles. The highest BCUT2D eigenvalue weighted by molar-refractivity contribution is 6.32. The summed E-state index contributed by atoms with van der Waals surface area (Å²) >= 11 is 6.16. The fraction of sp³-hybridized carbons (Fsp3) is 0.667. The van der Waals surface area contributed by atoms with Gasteiger partial charge in [-0.05, 0) is 25.0 Å². The first kappa shape index (κ1) is 18.2. The van der Waals surface area contributed by atoms with E-state index in [0.29, 0.717) is 5.02 Å². The minimum Gasteiger partial charge on any atom is -0.493 e. The summed E-state index contributed by atoms with van der Waals surface area (Å²) in [5.41, 5.74) is 0. The third kappa shape index (κ3) is 8.21. The summed E-state index contributed by atoms with van der Waals surface area (Å²) in [4.78, 5) is 0. The first-order chi connectivity index (χ1) is 10.3. The quantitative estimate of drug-likeness (QED) is 0.424. The Bertz CT molecular complexity index is 379. The lowest BCUT2D eigenvalue weighted by Crippen LogP contribution is -2.00. The topological polar surface area (TPSA) is 18.5 Å². The summed E-state index contributed by atoms with van der Waals surface area (Å²) in [7, 11) is 0. The Kier molecular flexibility index (Phi) is 10.1. The van der Waals surface area contributed by atoms with E-state index in [4.69, 9.17) is 21.1 Å². The molecule has 0 amide bonds. The normalized spacial score (nSPS) is 10.6. The molecule has 120 valence electrons. The molecule has 0 saturated carbocycles. The standard InChI is InChI=1S/C18H29ClO2/c1-3-5-7-9-13-20-16-11-12-17(19)18(15-16)21-14-10-8-6-4-2/h11-12,15H,3-10,13-14H2,1-2H3. The van der Waals surface area contributed by atoms with Crippen LogP contribution in [0.25, 0.3) is 0 Å². The molecule has 0 bridgehead atoms. The van der Waals surface area contributed by atoms with Gasteiger partial charge in [-0.2, -0.15) is 0 Å². The van der Waals surface area contributed by atoms with Gasteiger partial charge in [0.25, 0.3) is 0 Å². The van der Waals surface area contributed by atoms with Gasteiger partial charge in [-0.15, -0.1) is 0 Å². The third-order valence-electron chi connectivity index (χ3n) is 3.42. The molecule has 0 saturated heterocycles. The largest absolute Gasteiger partial charge is 0.493 e. The van der Waals surface area contributed by atoms with Crippen molar-refractivity contribution < 1.29 is 9.47 Å². The predicted octanol–water partition coefficient (Wildman–Crippen LogP) is 6.26. The minimum absolute atomic E-state index is 0.656. The molecule has 0 N–H and O–H groups in total. The van der Waals surface area contributed by atoms with Crippen LogP contribution in [0.15, 0.2) is 18.2 Å². The van der Waals surface area contributed by atoms with E-state index in [-0.39, 0.29) is 0 Å². The molecule has 1 rings (SSSR count). The van der Waals surface area contributed by atoms with E-state index in [0.717, 1.165) is 37.6 Å². The van der Waals surface area contributed by atoms with E-state index in [1.165, 1.54) is 38.5 Å². The van der Waals surface area contributed by atoms with Crippen molar-refractivity contribution >= 4 is 11.6 Å². The zero-order chi connectivity index (χ0) is 15.3. The fourth-order valence-corrected chi connectivity index (χ4v) is 2.29. The van der Waals surface area contributed by atoms with Gasteiger partial charge in [0, 0.05) is 6.07 Å². The van der Waals surface area contributed by atoms with Crippen LogP contribution in [0.4, 0.5) is 0 Å². The average Bonchev–Trinajstić information content (AvgIpc) is 2.49. The van der Waals surface area contributed by atoms with Gasteiger partial charge in [0.05, 0.1) is 18.2 Å². The molecule has 21 heavy (non-hydrogen) atoms. The number of rotatable bonds is 12. The lowest BCUT2D eigenvalue weighted by Gasteiger charge is -2.11. The Morgan fingerprint density at radius 2 is 1.43 bits per heavy atom. The van der Waals surface area contributed by atoms with E-state index in [1.54, 1.807) is 0 Å². The molecule has 0 heterocycles. The Balaban J connectivity index is 2.33. The van der Waals surface area contributed by atoms with Gasteiger partial charge in [0.2, 0.25) is 0 Å². The van der Waals surface area contributed by atoms with Crippen LogP contribution in [0, 0.1) is 0 Å². The molecule has 1 aromatic rings. The van der Waals surface area contributed by atoms with Crippen LogP contribution in [0.1, 0.15) is 65.2 Å². The van der Waals surface area contributed by atoms with E-state index < -0.39 is 0 Å². The average molecular weight is 313 g/mol. The summed E-state index contributed by atoms with van der Waals surface area (Å²) in [6.45, 7) is 5.90. The maximum atomic E-state index is 6.16. The van der Waals surface area contributed by atoms with Crippen LogP contribution in [-0.2, 0) is 0 Å². The first-order valence-corrected chi connectivity index (χ1v) is 8.70. The van der Waals surface area contributed by atoms with Crippen LogP contribution in [0.3, 0.4) is 0 Å². The molecular formula is C18H29ClO2. The Morgan fingerprint density at radius 1 is 0.810 bits per heavy atom. The summed E-state index contributed by atoms with van der Waals surface area (Å²) in [5.74, 6) is 1.58. The van der Waals surface area contributed by atoms with Crippen molar-refractivity contribution in [2.75, 3.05) is 13.2 Å². The van der Waals surface area contributed by atoms with Crippen molar-refractivity contribution in [3.8, 4) is 11.5 Å². The first-order valence-electron chi connectivity index (χ1n) is 8.33. The van der Waals surface area contributed by atoms with Gasteiger partial charge >= 0.3 is 0 Å². The molecule has 2 nitrogen and oxygen atoms in total. The third-order valence-corrected chi connectivity index (χ3v) is 3.74. The molecule has 0 spiro atoms. The maximum Gasteiger partial charge on any atom is 0.141 e. The summed E-state index contributed by atoms with van der Waals surface area (Å²) in [6.07, 6.45) is 9.63. The summed E-state index contributed by atoms with van der Waals surface area (Å²) < 4.78 is 11.5. The van der Waals surface area contributed by atoms with Crippen molar-refractivity contribution in [3.63, 3.8) is 0 Å². The zero-order valence-electron chi connectivity index (χ0n) is 13.5. The molecule has 0 aliphatic heterocycles. The van der Waals surface area contributed by atoms with Gasteiger partial charge in [-0.25, -0.2) is 0 Å². The molecule has 1 aromatic carbocycles. The molecule has 0 unspecified atom stereocenters. The smallest absolute Gasteiger partial charge is 0.141 e. The van der Waals surface area contributed by atoms with Gasteiger partial charge in [-0.1, -0.05) is 64.0 Å². The number of unbranched alkanes of at least 4 members (excludes halogenated alkanes) is 6. The predicted molar refractivity (Wildman–Crippen MR) is 90.7 cm³/mol. The van der Waals surface area contributed by atoms with Crippen molar-refractivity contribution in [2.24, 2.45) is 0 Å². The van der Waals surface area contributed by atoms with Crippen molar-refractivity contribution in [2.45, 2.75) is 65.2 Å². The van der Waals surface area contributed by atoms with Gasteiger partial charge < -0.3 is 9.47 Å². The van der Waals surface area contributed by atoms with Gasteiger partial charge in [0.15, 0.2) is 0 Å². The number of hydrogen-bond acceptors (Lipinski definition) is 2. The second kappa shape index (κ2) is 11.7. The molecule has 0 fully saturated rings. The van der Waals surface area contributed by atoms with Crippen LogP contribution in [-0.4, -0.2) is 13.2 Å². The maximum absolute atomic E-state index is 6.16. The summed E-state index contributed by atoms with van der Waals surface area (Å²) in [5, 5.41) is 0.656. The van der Waals surface area contributed by atoms with Crippen LogP contribution >= 0.6 is 11.6 Å². The SMILES string of the molecule is CCCCCCOc1ccc(Cl)c(OCCCCCC)c1. The van der Waals surface area contributed by atoms with Crippen LogP contribution in [0.5, 0.6) is 11.5 Å². The van der Waals surface area contributed by atoms with Crippen molar-refractivity contribution in [3.05, 3.63) is 23.2 Å². The molecule has 0 radical (unpaired) electrons. The lowest BCUT2D eigenvalue weighted by atomic mass is 10.2. The molecule has 0 aliphatic carbocycles. The van der Waals surface area contributed by atoms with Crippen molar-refractivity contribution in [1.29, 1.82) is 0 Å². The van der Waals surface area contributed by atoms with Crippen molar-refractivity contribution in [1.82, 2.24) is 0 Å². The van der Waals surface area contributed by atoms with Gasteiger partial charge in [-0.3, -0.25) is 0 Å². The number of ether oxygens (including phenoxy) is 2.